The van der Waals surface area contributed by atoms with Gasteiger partial charge in [-0.25, -0.2) is 5.10 Å². The number of aromatic nitrogens is 2. The molecule has 0 saturated carbocycles. The molecule has 0 aromatic carbocycles. The van der Waals surface area contributed by atoms with Crippen LogP contribution in [0.15, 0.2) is 16.9 Å². The van der Waals surface area contributed by atoms with Crippen LogP contribution < -0.4 is 5.56 Å². The van der Waals surface area contributed by atoms with Crippen molar-refractivity contribution < 1.29 is 19.1 Å². The zero-order chi connectivity index (χ0) is 17.4. The van der Waals surface area contributed by atoms with E-state index in [1.165, 1.54) is 12.1 Å². The fourth-order valence-electron chi connectivity index (χ4n) is 2.39. The van der Waals surface area contributed by atoms with Gasteiger partial charge in [0.2, 0.25) is 5.91 Å². The number of nitrogens with zero attached hydrogens (tertiary/aromatic N) is 3. The number of ether oxygens (including phenoxy) is 2. The first-order valence-electron chi connectivity index (χ1n) is 7.81. The molecule has 2 heterocycles. The molecule has 0 bridgehead atoms. The van der Waals surface area contributed by atoms with Gasteiger partial charge >= 0.3 is 0 Å². The molecule has 1 aromatic rings. The monoisotopic (exact) mass is 338 g/mol. The lowest BCUT2D eigenvalue weighted by Gasteiger charge is -2.22. The predicted molar refractivity (Wildman–Crippen MR) is 84.7 cm³/mol. The number of methoxy groups -OCH3 is 1. The zero-order valence-corrected chi connectivity index (χ0v) is 13.7. The van der Waals surface area contributed by atoms with Crippen molar-refractivity contribution in [2.75, 3.05) is 53.1 Å². The maximum Gasteiger partial charge on any atom is 0.274 e. The third kappa shape index (κ3) is 5.14. The van der Waals surface area contributed by atoms with E-state index < -0.39 is 0 Å². The Bertz CT molecular complexity index is 598. The first-order chi connectivity index (χ1) is 11.6. The molecule has 2 rings (SSSR count). The van der Waals surface area contributed by atoms with Crippen LogP contribution in [0.5, 0.6) is 0 Å². The number of carbonyl (C=O) groups is 2. The van der Waals surface area contributed by atoms with Crippen molar-refractivity contribution in [2.24, 2.45) is 0 Å². The number of aromatic amines is 1. The van der Waals surface area contributed by atoms with Crippen molar-refractivity contribution in [1.29, 1.82) is 0 Å². The van der Waals surface area contributed by atoms with E-state index in [0.29, 0.717) is 45.8 Å². The van der Waals surface area contributed by atoms with Crippen LogP contribution >= 0.6 is 0 Å². The molecule has 1 aromatic heterocycles. The number of hydrogen-bond acceptors (Lipinski definition) is 6. The van der Waals surface area contributed by atoms with E-state index in [2.05, 4.69) is 10.2 Å². The summed E-state index contributed by atoms with van der Waals surface area (Å²) in [5, 5.41) is 6.01. The van der Waals surface area contributed by atoms with E-state index in [9.17, 15) is 14.4 Å². The van der Waals surface area contributed by atoms with E-state index in [4.69, 9.17) is 9.47 Å². The van der Waals surface area contributed by atoms with E-state index >= 15 is 0 Å². The molecule has 9 nitrogen and oxygen atoms in total. The van der Waals surface area contributed by atoms with Crippen LogP contribution in [0.25, 0.3) is 0 Å². The van der Waals surface area contributed by atoms with Gasteiger partial charge in [-0.1, -0.05) is 0 Å². The summed E-state index contributed by atoms with van der Waals surface area (Å²) in [5.41, 5.74) is -0.162. The molecule has 132 valence electrons. The smallest absolute Gasteiger partial charge is 0.274 e. The Morgan fingerprint density at radius 3 is 2.62 bits per heavy atom. The molecule has 0 aliphatic carbocycles. The highest BCUT2D eigenvalue weighted by atomic mass is 16.5. The Kier molecular flexibility index (Phi) is 6.89. The molecule has 1 saturated heterocycles. The third-order valence-corrected chi connectivity index (χ3v) is 3.69. The van der Waals surface area contributed by atoms with Gasteiger partial charge < -0.3 is 19.3 Å². The summed E-state index contributed by atoms with van der Waals surface area (Å²) in [4.78, 5) is 38.8. The van der Waals surface area contributed by atoms with Gasteiger partial charge in [0.25, 0.3) is 11.5 Å². The van der Waals surface area contributed by atoms with Gasteiger partial charge in [-0.05, 0) is 12.5 Å². The molecular weight excluding hydrogens is 316 g/mol. The first-order valence-corrected chi connectivity index (χ1v) is 7.81. The standard InChI is InChI=1S/C15H22N4O5/c1-23-9-10-24-11-14(21)18-5-2-6-19(8-7-18)15(22)12-3-4-13(20)17-16-12/h3-4H,2,5-11H2,1H3,(H,17,20). The highest BCUT2D eigenvalue weighted by Crippen LogP contribution is 2.07. The summed E-state index contributed by atoms with van der Waals surface area (Å²) in [6.07, 6.45) is 0.679. The van der Waals surface area contributed by atoms with Gasteiger partial charge in [-0.2, -0.15) is 5.10 Å². The third-order valence-electron chi connectivity index (χ3n) is 3.69. The Hall–Kier alpha value is -2.26. The number of nitrogens with one attached hydrogen (secondary N) is 1. The summed E-state index contributed by atoms with van der Waals surface area (Å²) in [7, 11) is 1.57. The van der Waals surface area contributed by atoms with E-state index in [1.807, 2.05) is 0 Å². The molecule has 9 heteroatoms. The molecule has 1 fully saturated rings. The molecule has 0 radical (unpaired) electrons. The second-order valence-corrected chi connectivity index (χ2v) is 5.38. The number of carbonyl (C=O) groups excluding carboxylic acids is 2. The first kappa shape index (κ1) is 18.1. The molecule has 1 N–H and O–H groups in total. The molecule has 2 amide bonds. The Labute approximate surface area is 139 Å². The summed E-state index contributed by atoms with van der Waals surface area (Å²) in [6.45, 7) is 2.81. The van der Waals surface area contributed by atoms with Gasteiger partial charge in [0, 0.05) is 39.4 Å². The Balaban J connectivity index is 1.85. The molecule has 0 atom stereocenters. The maximum atomic E-state index is 12.4. The average molecular weight is 338 g/mol. The van der Waals surface area contributed by atoms with Crippen LogP contribution in [0.4, 0.5) is 0 Å². The number of amides is 2. The van der Waals surface area contributed by atoms with Gasteiger partial charge in [0.05, 0.1) is 13.2 Å². The number of rotatable bonds is 6. The summed E-state index contributed by atoms with van der Waals surface area (Å²) >= 11 is 0. The lowest BCUT2D eigenvalue weighted by molar-refractivity contribution is -0.136. The van der Waals surface area contributed by atoms with Gasteiger partial charge in [-0.15, -0.1) is 0 Å². The SMILES string of the molecule is COCCOCC(=O)N1CCCN(C(=O)c2ccc(=O)[nH]n2)CC1. The molecular formula is C15H22N4O5. The fourth-order valence-corrected chi connectivity index (χ4v) is 2.39. The van der Waals surface area contributed by atoms with Crippen molar-refractivity contribution >= 4 is 11.8 Å². The normalized spacial score (nSPS) is 15.2. The van der Waals surface area contributed by atoms with Crippen LogP contribution in [0.1, 0.15) is 16.9 Å². The quantitative estimate of drug-likeness (QED) is 0.675. The molecule has 1 aliphatic heterocycles. The van der Waals surface area contributed by atoms with Crippen LogP contribution in [0, 0.1) is 0 Å². The lowest BCUT2D eigenvalue weighted by atomic mass is 10.3. The van der Waals surface area contributed by atoms with Crippen molar-refractivity contribution in [2.45, 2.75) is 6.42 Å². The number of hydrogen-bond donors (Lipinski definition) is 1. The molecule has 1 aliphatic rings. The largest absolute Gasteiger partial charge is 0.382 e. The fraction of sp³-hybridized carbons (Fsp3) is 0.600. The van der Waals surface area contributed by atoms with Crippen LogP contribution in [-0.4, -0.2) is 84.9 Å². The minimum atomic E-state index is -0.354. The second kappa shape index (κ2) is 9.14. The van der Waals surface area contributed by atoms with Crippen molar-refractivity contribution in [3.8, 4) is 0 Å². The molecule has 0 spiro atoms. The zero-order valence-electron chi connectivity index (χ0n) is 13.7. The molecule has 24 heavy (non-hydrogen) atoms. The van der Waals surface area contributed by atoms with Gasteiger partial charge in [0.15, 0.2) is 0 Å². The highest BCUT2D eigenvalue weighted by Gasteiger charge is 2.23. The van der Waals surface area contributed by atoms with E-state index in [-0.39, 0.29) is 29.7 Å². The predicted octanol–water partition coefficient (Wildman–Crippen LogP) is -0.893. The minimum Gasteiger partial charge on any atom is -0.382 e. The summed E-state index contributed by atoms with van der Waals surface area (Å²) in [5.74, 6) is -0.348. The van der Waals surface area contributed by atoms with Crippen molar-refractivity contribution in [3.63, 3.8) is 0 Å². The second-order valence-electron chi connectivity index (χ2n) is 5.38. The number of H-pyrrole nitrogens is 1. The maximum absolute atomic E-state index is 12.4. The van der Waals surface area contributed by atoms with Crippen LogP contribution in [0.3, 0.4) is 0 Å². The van der Waals surface area contributed by atoms with Crippen molar-refractivity contribution in [3.05, 3.63) is 28.2 Å². The molecule has 0 unspecified atom stereocenters. The van der Waals surface area contributed by atoms with Crippen LogP contribution in [0.2, 0.25) is 0 Å². The summed E-state index contributed by atoms with van der Waals surface area (Å²) < 4.78 is 10.1. The van der Waals surface area contributed by atoms with Gasteiger partial charge in [0.1, 0.15) is 12.3 Å². The lowest BCUT2D eigenvalue weighted by Crippen LogP contribution is -2.39. The van der Waals surface area contributed by atoms with E-state index in [1.54, 1.807) is 16.9 Å². The van der Waals surface area contributed by atoms with Crippen LogP contribution in [-0.2, 0) is 14.3 Å². The Morgan fingerprint density at radius 2 is 1.92 bits per heavy atom. The van der Waals surface area contributed by atoms with E-state index in [0.717, 1.165) is 0 Å². The average Bonchev–Trinajstić information content (AvgIpc) is 2.85. The highest BCUT2D eigenvalue weighted by molar-refractivity contribution is 5.92. The Morgan fingerprint density at radius 1 is 1.17 bits per heavy atom. The topological polar surface area (TPSA) is 105 Å². The summed E-state index contributed by atoms with van der Waals surface area (Å²) in [6, 6.07) is 2.67. The van der Waals surface area contributed by atoms with Crippen molar-refractivity contribution in [1.82, 2.24) is 20.0 Å². The van der Waals surface area contributed by atoms with Gasteiger partial charge in [-0.3, -0.25) is 14.4 Å². The minimum absolute atomic E-state index is 0.0127.